The van der Waals surface area contributed by atoms with Crippen molar-refractivity contribution in [3.05, 3.63) is 82.4 Å². The third kappa shape index (κ3) is 4.20. The van der Waals surface area contributed by atoms with Crippen LogP contribution >= 0.6 is 11.6 Å². The maximum absolute atomic E-state index is 13.2. The van der Waals surface area contributed by atoms with Crippen molar-refractivity contribution in [1.29, 1.82) is 0 Å². The summed E-state index contributed by atoms with van der Waals surface area (Å²) in [5, 5.41) is 9.36. The molecule has 2 aliphatic rings. The van der Waals surface area contributed by atoms with Crippen molar-refractivity contribution < 1.29 is 13.2 Å². The van der Waals surface area contributed by atoms with E-state index >= 15 is 0 Å². The van der Waals surface area contributed by atoms with Crippen LogP contribution in [0.1, 0.15) is 41.5 Å². The quantitative estimate of drug-likeness (QED) is 0.567. The van der Waals surface area contributed by atoms with E-state index in [0.717, 1.165) is 28.2 Å². The second-order valence-corrected chi connectivity index (χ2v) is 11.0. The highest BCUT2D eigenvalue weighted by atomic mass is 35.5. The van der Waals surface area contributed by atoms with E-state index in [1.165, 1.54) is 4.90 Å². The standard InChI is InChI=1S/C24H23ClN4O3S/c1-16-26-27-24-18(14-23(30)28-11-4-12-33(31,32)15-28)13-21(17-7-9-19(25)10-8-17)20-5-2-3-6-22(20)29(16)24/h2-3,5-10,13,18H,4,11-12,14-15H2,1H3/t18-/m0/s1. The molecule has 0 radical (unpaired) electrons. The summed E-state index contributed by atoms with van der Waals surface area (Å²) in [4.78, 5) is 14.6. The molecule has 33 heavy (non-hydrogen) atoms. The second-order valence-electron chi connectivity index (χ2n) is 8.44. The largest absolute Gasteiger partial charge is 0.328 e. The van der Waals surface area contributed by atoms with Gasteiger partial charge in [-0.25, -0.2) is 8.42 Å². The number of fused-ring (bicyclic) bond motifs is 3. The molecule has 3 heterocycles. The van der Waals surface area contributed by atoms with Crippen LogP contribution in [-0.2, 0) is 14.6 Å². The highest BCUT2D eigenvalue weighted by Crippen LogP contribution is 2.38. The monoisotopic (exact) mass is 482 g/mol. The van der Waals surface area contributed by atoms with Gasteiger partial charge in [-0.2, -0.15) is 0 Å². The number of nitrogens with zero attached hydrogens (tertiary/aromatic N) is 4. The van der Waals surface area contributed by atoms with Crippen molar-refractivity contribution in [2.24, 2.45) is 0 Å². The summed E-state index contributed by atoms with van der Waals surface area (Å²) in [7, 11) is -3.24. The minimum Gasteiger partial charge on any atom is -0.328 e. The van der Waals surface area contributed by atoms with Crippen molar-refractivity contribution in [1.82, 2.24) is 19.7 Å². The Morgan fingerprint density at radius 3 is 2.64 bits per heavy atom. The average molecular weight is 483 g/mol. The number of carbonyl (C=O) groups excluding carboxylic acids is 1. The summed E-state index contributed by atoms with van der Waals surface area (Å²) in [6.07, 6.45) is 2.62. The van der Waals surface area contributed by atoms with Crippen LogP contribution < -0.4 is 0 Å². The van der Waals surface area contributed by atoms with Gasteiger partial charge >= 0.3 is 0 Å². The van der Waals surface area contributed by atoms with Gasteiger partial charge in [0.1, 0.15) is 17.5 Å². The van der Waals surface area contributed by atoms with Crippen LogP contribution in [0.25, 0.3) is 11.3 Å². The zero-order chi connectivity index (χ0) is 23.2. The minimum absolute atomic E-state index is 0.110. The molecule has 1 atom stereocenters. The third-order valence-corrected chi connectivity index (χ3v) is 7.99. The molecule has 1 saturated heterocycles. The van der Waals surface area contributed by atoms with Gasteiger partial charge in [-0.05, 0) is 42.7 Å². The summed E-state index contributed by atoms with van der Waals surface area (Å²) in [6, 6.07) is 15.6. The number of sulfone groups is 1. The number of aryl methyl sites for hydroxylation is 1. The summed E-state index contributed by atoms with van der Waals surface area (Å²) >= 11 is 6.12. The number of aromatic nitrogens is 3. The molecule has 3 aromatic rings. The van der Waals surface area contributed by atoms with Gasteiger partial charge in [-0.1, -0.05) is 48.0 Å². The first kappa shape index (κ1) is 21.9. The molecule has 7 nitrogen and oxygen atoms in total. The van der Waals surface area contributed by atoms with E-state index in [1.807, 2.05) is 66.1 Å². The van der Waals surface area contributed by atoms with Crippen LogP contribution in [0.2, 0.25) is 5.02 Å². The smallest absolute Gasteiger partial charge is 0.224 e. The number of hydrogen-bond acceptors (Lipinski definition) is 5. The SMILES string of the molecule is Cc1nnc2n1-c1ccccc1C(c1ccc(Cl)cc1)=C[C@H]2CC(=O)N1CCCS(=O)(=O)C1. The predicted octanol–water partition coefficient (Wildman–Crippen LogP) is 3.75. The molecule has 9 heteroatoms. The van der Waals surface area contributed by atoms with Gasteiger partial charge in [-0.3, -0.25) is 9.36 Å². The molecule has 0 spiro atoms. The number of halogens is 1. The van der Waals surface area contributed by atoms with Gasteiger partial charge in [-0.15, -0.1) is 10.2 Å². The fourth-order valence-electron chi connectivity index (χ4n) is 4.57. The predicted molar refractivity (Wildman–Crippen MR) is 127 cm³/mol. The Hall–Kier alpha value is -2.97. The number of hydrogen-bond donors (Lipinski definition) is 0. The van der Waals surface area contributed by atoms with Crippen LogP contribution in [0, 0.1) is 6.92 Å². The normalized spacial score (nSPS) is 19.3. The van der Waals surface area contributed by atoms with Crippen LogP contribution in [0.5, 0.6) is 0 Å². The zero-order valence-corrected chi connectivity index (χ0v) is 19.7. The Labute approximate surface area is 197 Å². The van der Waals surface area contributed by atoms with Crippen molar-refractivity contribution >= 4 is 32.9 Å². The molecular formula is C24H23ClN4O3S. The molecule has 0 unspecified atom stereocenters. The van der Waals surface area contributed by atoms with Crippen LogP contribution in [0.15, 0.2) is 54.6 Å². The fourth-order valence-corrected chi connectivity index (χ4v) is 6.14. The highest BCUT2D eigenvalue weighted by Gasteiger charge is 2.32. The van der Waals surface area contributed by atoms with Crippen LogP contribution in [0.4, 0.5) is 0 Å². The molecule has 0 N–H and O–H groups in total. The molecule has 2 aliphatic heterocycles. The Balaban J connectivity index is 1.61. The summed E-state index contributed by atoms with van der Waals surface area (Å²) in [6.45, 7) is 2.33. The molecule has 1 aromatic heterocycles. The molecule has 170 valence electrons. The molecule has 0 saturated carbocycles. The van der Waals surface area contributed by atoms with E-state index < -0.39 is 9.84 Å². The first-order chi connectivity index (χ1) is 15.8. The summed E-state index contributed by atoms with van der Waals surface area (Å²) in [5.74, 6) is 0.718. The van der Waals surface area contributed by atoms with Gasteiger partial charge in [0.25, 0.3) is 0 Å². The molecule has 0 aliphatic carbocycles. The highest BCUT2D eigenvalue weighted by molar-refractivity contribution is 7.91. The summed E-state index contributed by atoms with van der Waals surface area (Å²) in [5.41, 5.74) is 3.88. The van der Waals surface area contributed by atoms with E-state index in [0.29, 0.717) is 23.8 Å². The van der Waals surface area contributed by atoms with Gasteiger partial charge < -0.3 is 4.90 Å². The van der Waals surface area contributed by atoms with E-state index in [-0.39, 0.29) is 29.9 Å². The second kappa shape index (κ2) is 8.43. The van der Waals surface area contributed by atoms with E-state index in [1.54, 1.807) is 0 Å². The average Bonchev–Trinajstić information content (AvgIpc) is 3.11. The van der Waals surface area contributed by atoms with Gasteiger partial charge in [0, 0.05) is 29.5 Å². The first-order valence-corrected chi connectivity index (χ1v) is 13.0. The first-order valence-electron chi connectivity index (χ1n) is 10.8. The Kier molecular flexibility index (Phi) is 5.58. The number of benzene rings is 2. The van der Waals surface area contributed by atoms with Gasteiger partial charge in [0.2, 0.25) is 5.91 Å². The van der Waals surface area contributed by atoms with Gasteiger partial charge in [0.05, 0.1) is 11.4 Å². The molecule has 1 fully saturated rings. The fraction of sp³-hybridized carbons (Fsp3) is 0.292. The Morgan fingerprint density at radius 1 is 1.12 bits per heavy atom. The molecule has 1 amide bonds. The topological polar surface area (TPSA) is 85.2 Å². The van der Waals surface area contributed by atoms with Gasteiger partial charge in [0.15, 0.2) is 9.84 Å². The maximum atomic E-state index is 13.2. The lowest BCUT2D eigenvalue weighted by Gasteiger charge is -2.27. The Bertz CT molecular complexity index is 1360. The lowest BCUT2D eigenvalue weighted by atomic mass is 9.92. The lowest BCUT2D eigenvalue weighted by Crippen LogP contribution is -2.42. The summed E-state index contributed by atoms with van der Waals surface area (Å²) < 4.78 is 26.2. The van der Waals surface area contributed by atoms with E-state index in [4.69, 9.17) is 11.6 Å². The lowest BCUT2D eigenvalue weighted by molar-refractivity contribution is -0.130. The third-order valence-electron chi connectivity index (χ3n) is 6.12. The molecule has 0 bridgehead atoms. The number of rotatable bonds is 3. The zero-order valence-electron chi connectivity index (χ0n) is 18.1. The number of allylic oxidation sites excluding steroid dienone is 1. The van der Waals surface area contributed by atoms with Crippen molar-refractivity contribution in [3.8, 4) is 5.69 Å². The molecular weight excluding hydrogens is 460 g/mol. The minimum atomic E-state index is -3.24. The van der Waals surface area contributed by atoms with E-state index in [2.05, 4.69) is 10.2 Å². The van der Waals surface area contributed by atoms with Crippen LogP contribution in [-0.4, -0.2) is 52.2 Å². The van der Waals surface area contributed by atoms with Crippen molar-refractivity contribution in [2.75, 3.05) is 18.2 Å². The number of carbonyl (C=O) groups is 1. The molecule has 2 aromatic carbocycles. The van der Waals surface area contributed by atoms with Crippen molar-refractivity contribution in [3.63, 3.8) is 0 Å². The van der Waals surface area contributed by atoms with Crippen LogP contribution in [0.3, 0.4) is 0 Å². The Morgan fingerprint density at radius 2 is 1.88 bits per heavy atom. The van der Waals surface area contributed by atoms with Crippen molar-refractivity contribution in [2.45, 2.75) is 25.7 Å². The van der Waals surface area contributed by atoms with E-state index in [9.17, 15) is 13.2 Å². The maximum Gasteiger partial charge on any atom is 0.224 e. The number of amides is 1. The number of para-hydroxylation sites is 1. The molecule has 5 rings (SSSR count).